The summed E-state index contributed by atoms with van der Waals surface area (Å²) in [6.45, 7) is 5.22. The lowest BCUT2D eigenvalue weighted by atomic mass is 9.89. The lowest BCUT2D eigenvalue weighted by Crippen LogP contribution is -2.39. The molecule has 0 saturated carbocycles. The third-order valence-corrected chi connectivity index (χ3v) is 5.14. The minimum absolute atomic E-state index is 0.00387. The molecule has 0 atom stereocenters. The highest BCUT2D eigenvalue weighted by molar-refractivity contribution is 5.95. The molecular formula is C20H25N3O3. The standard InChI is InChI=1S/C20H25N3O3/c1-13(2)19-16(4-5-17(24)21-19)20(26)23-10-7-14(8-11-23)15-6-9-22(3)18(25)12-15/h4-6,9,12-14H,7-8,10-11H2,1-3H3,(H,21,24). The maximum Gasteiger partial charge on any atom is 0.255 e. The number of aromatic amines is 1. The van der Waals surface area contributed by atoms with Crippen LogP contribution in [0.1, 0.15) is 60.1 Å². The van der Waals surface area contributed by atoms with E-state index in [9.17, 15) is 14.4 Å². The number of piperidine rings is 1. The number of nitrogens with zero attached hydrogens (tertiary/aromatic N) is 2. The molecular weight excluding hydrogens is 330 g/mol. The maximum atomic E-state index is 12.9. The molecule has 1 saturated heterocycles. The first-order chi connectivity index (χ1) is 12.4. The summed E-state index contributed by atoms with van der Waals surface area (Å²) in [5.41, 5.74) is 2.13. The van der Waals surface area contributed by atoms with Crippen molar-refractivity contribution in [2.24, 2.45) is 7.05 Å². The fourth-order valence-corrected chi connectivity index (χ4v) is 3.54. The molecule has 2 aromatic rings. The van der Waals surface area contributed by atoms with E-state index >= 15 is 0 Å². The van der Waals surface area contributed by atoms with Gasteiger partial charge in [-0.15, -0.1) is 0 Å². The van der Waals surface area contributed by atoms with Crippen LogP contribution in [0.25, 0.3) is 0 Å². The van der Waals surface area contributed by atoms with Crippen LogP contribution in [0.4, 0.5) is 0 Å². The van der Waals surface area contributed by atoms with Gasteiger partial charge in [-0.1, -0.05) is 13.8 Å². The predicted molar refractivity (Wildman–Crippen MR) is 101 cm³/mol. The monoisotopic (exact) mass is 355 g/mol. The number of hydrogen-bond donors (Lipinski definition) is 1. The Labute approximate surface area is 152 Å². The first-order valence-electron chi connectivity index (χ1n) is 9.06. The number of carbonyl (C=O) groups excluding carboxylic acids is 1. The van der Waals surface area contributed by atoms with Crippen LogP contribution in [0.15, 0.2) is 40.1 Å². The van der Waals surface area contributed by atoms with Crippen molar-refractivity contribution in [2.75, 3.05) is 13.1 Å². The van der Waals surface area contributed by atoms with Gasteiger partial charge < -0.3 is 14.5 Å². The summed E-state index contributed by atoms with van der Waals surface area (Å²) in [6.07, 6.45) is 3.46. The van der Waals surface area contributed by atoms with Crippen LogP contribution in [0.5, 0.6) is 0 Å². The summed E-state index contributed by atoms with van der Waals surface area (Å²) in [4.78, 5) is 41.0. The molecule has 1 N–H and O–H groups in total. The van der Waals surface area contributed by atoms with Crippen LogP contribution in [0.3, 0.4) is 0 Å². The Balaban J connectivity index is 1.74. The van der Waals surface area contributed by atoms with Gasteiger partial charge in [0.25, 0.3) is 11.5 Å². The molecule has 1 fully saturated rings. The quantitative estimate of drug-likeness (QED) is 0.917. The topological polar surface area (TPSA) is 75.2 Å². The Morgan fingerprint density at radius 1 is 1.15 bits per heavy atom. The van der Waals surface area contributed by atoms with E-state index < -0.39 is 0 Å². The zero-order valence-corrected chi connectivity index (χ0v) is 15.5. The van der Waals surface area contributed by atoms with Crippen molar-refractivity contribution in [3.8, 4) is 0 Å². The Morgan fingerprint density at radius 3 is 2.46 bits per heavy atom. The van der Waals surface area contributed by atoms with Crippen LogP contribution in [0.2, 0.25) is 0 Å². The van der Waals surface area contributed by atoms with E-state index in [0.717, 1.165) is 18.4 Å². The second-order valence-electron chi connectivity index (χ2n) is 7.28. The van der Waals surface area contributed by atoms with E-state index in [1.54, 1.807) is 29.9 Å². The summed E-state index contributed by atoms with van der Waals surface area (Å²) in [7, 11) is 1.74. The van der Waals surface area contributed by atoms with Crippen molar-refractivity contribution in [1.82, 2.24) is 14.5 Å². The fraction of sp³-hybridized carbons (Fsp3) is 0.450. The second-order valence-corrected chi connectivity index (χ2v) is 7.28. The minimum Gasteiger partial charge on any atom is -0.339 e. The van der Waals surface area contributed by atoms with Gasteiger partial charge in [-0.25, -0.2) is 0 Å². The molecule has 2 aromatic heterocycles. The first-order valence-corrected chi connectivity index (χ1v) is 9.06. The predicted octanol–water partition coefficient (Wildman–Crippen LogP) is 2.22. The average molecular weight is 355 g/mol. The van der Waals surface area contributed by atoms with Crippen LogP contribution in [-0.4, -0.2) is 33.4 Å². The number of nitrogens with one attached hydrogen (secondary N) is 1. The van der Waals surface area contributed by atoms with E-state index in [0.29, 0.717) is 30.3 Å². The second kappa shape index (κ2) is 7.32. The Kier molecular flexibility index (Phi) is 5.11. The van der Waals surface area contributed by atoms with Gasteiger partial charge in [0.2, 0.25) is 5.56 Å². The van der Waals surface area contributed by atoms with Gasteiger partial charge in [0.1, 0.15) is 0 Å². The molecule has 138 valence electrons. The number of hydrogen-bond acceptors (Lipinski definition) is 3. The first kappa shape index (κ1) is 18.2. The molecule has 0 aliphatic carbocycles. The van der Waals surface area contributed by atoms with Gasteiger partial charge in [-0.05, 0) is 42.4 Å². The van der Waals surface area contributed by atoms with Gasteiger partial charge in [0.05, 0.1) is 5.56 Å². The number of rotatable bonds is 3. The maximum absolute atomic E-state index is 12.9. The highest BCUT2D eigenvalue weighted by Gasteiger charge is 2.26. The summed E-state index contributed by atoms with van der Waals surface area (Å²) >= 11 is 0. The minimum atomic E-state index is -0.186. The molecule has 0 radical (unpaired) electrons. The molecule has 0 unspecified atom stereocenters. The third kappa shape index (κ3) is 3.64. The van der Waals surface area contributed by atoms with E-state index in [4.69, 9.17) is 0 Å². The molecule has 6 nitrogen and oxygen atoms in total. The molecule has 3 rings (SSSR count). The van der Waals surface area contributed by atoms with Crippen molar-refractivity contribution in [1.29, 1.82) is 0 Å². The number of aryl methyl sites for hydroxylation is 1. The van der Waals surface area contributed by atoms with Crippen LogP contribution >= 0.6 is 0 Å². The summed E-state index contributed by atoms with van der Waals surface area (Å²) < 4.78 is 1.56. The summed E-state index contributed by atoms with van der Waals surface area (Å²) in [5, 5.41) is 0. The van der Waals surface area contributed by atoms with Crippen molar-refractivity contribution in [3.05, 3.63) is 68.0 Å². The van der Waals surface area contributed by atoms with Gasteiger partial charge in [-0.2, -0.15) is 0 Å². The molecule has 1 amide bonds. The van der Waals surface area contributed by atoms with E-state index in [1.165, 1.54) is 6.07 Å². The van der Waals surface area contributed by atoms with Gasteiger partial charge >= 0.3 is 0 Å². The van der Waals surface area contributed by atoms with Crippen LogP contribution in [0, 0.1) is 0 Å². The van der Waals surface area contributed by atoms with Crippen molar-refractivity contribution in [3.63, 3.8) is 0 Å². The van der Waals surface area contributed by atoms with E-state index in [1.807, 2.05) is 24.8 Å². The number of aromatic nitrogens is 2. The van der Waals surface area contributed by atoms with E-state index in [-0.39, 0.29) is 22.9 Å². The molecule has 1 aliphatic heterocycles. The van der Waals surface area contributed by atoms with Crippen molar-refractivity contribution >= 4 is 5.91 Å². The fourth-order valence-electron chi connectivity index (χ4n) is 3.54. The highest BCUT2D eigenvalue weighted by atomic mass is 16.2. The number of carbonyl (C=O) groups is 1. The lowest BCUT2D eigenvalue weighted by Gasteiger charge is -2.32. The van der Waals surface area contributed by atoms with Crippen LogP contribution < -0.4 is 11.1 Å². The summed E-state index contributed by atoms with van der Waals surface area (Å²) in [6, 6.07) is 6.72. The molecule has 6 heteroatoms. The average Bonchev–Trinajstić information content (AvgIpc) is 2.63. The Morgan fingerprint density at radius 2 is 1.85 bits per heavy atom. The molecule has 0 aromatic carbocycles. The van der Waals surface area contributed by atoms with Gasteiger partial charge in [0, 0.05) is 44.2 Å². The number of likely N-dealkylation sites (tertiary alicyclic amines) is 1. The lowest BCUT2D eigenvalue weighted by molar-refractivity contribution is 0.0711. The zero-order chi connectivity index (χ0) is 18.8. The third-order valence-electron chi connectivity index (χ3n) is 5.14. The van der Waals surface area contributed by atoms with Crippen LogP contribution in [-0.2, 0) is 7.05 Å². The Bertz CT molecular complexity index is 918. The van der Waals surface area contributed by atoms with Crippen molar-refractivity contribution in [2.45, 2.75) is 38.5 Å². The molecule has 3 heterocycles. The molecule has 1 aliphatic rings. The summed E-state index contributed by atoms with van der Waals surface area (Å²) in [5.74, 6) is 0.335. The smallest absolute Gasteiger partial charge is 0.255 e. The number of amides is 1. The Hall–Kier alpha value is -2.63. The molecule has 26 heavy (non-hydrogen) atoms. The number of H-pyrrole nitrogens is 1. The normalized spacial score (nSPS) is 15.5. The highest BCUT2D eigenvalue weighted by Crippen LogP contribution is 2.28. The van der Waals surface area contributed by atoms with E-state index in [2.05, 4.69) is 4.98 Å². The molecule has 0 spiro atoms. The van der Waals surface area contributed by atoms with Gasteiger partial charge in [0.15, 0.2) is 0 Å². The largest absolute Gasteiger partial charge is 0.339 e. The molecule has 0 bridgehead atoms. The van der Waals surface area contributed by atoms with Gasteiger partial charge in [-0.3, -0.25) is 14.4 Å². The van der Waals surface area contributed by atoms with Crippen molar-refractivity contribution < 1.29 is 4.79 Å². The number of pyridine rings is 2. The zero-order valence-electron chi connectivity index (χ0n) is 15.5. The SMILES string of the molecule is CC(C)c1[nH]c(=O)ccc1C(=O)N1CCC(c2ccn(C)c(=O)c2)CC1.